The van der Waals surface area contributed by atoms with E-state index in [-0.39, 0.29) is 13.2 Å². The summed E-state index contributed by atoms with van der Waals surface area (Å²) in [5.74, 6) is -2.29. The van der Waals surface area contributed by atoms with E-state index < -0.39 is 26.6 Å². The topological polar surface area (TPSA) is 52.6 Å². The van der Waals surface area contributed by atoms with Gasteiger partial charge in [0, 0.05) is 0 Å². The van der Waals surface area contributed by atoms with E-state index in [1.54, 1.807) is 0 Å². The lowest BCUT2D eigenvalue weighted by Crippen LogP contribution is -2.47. The summed E-state index contributed by atoms with van der Waals surface area (Å²) in [6.45, 7) is 0.508. The lowest BCUT2D eigenvalue weighted by Gasteiger charge is -2.30. The van der Waals surface area contributed by atoms with Crippen molar-refractivity contribution in [3.8, 4) is 0 Å². The van der Waals surface area contributed by atoms with Gasteiger partial charge in [0.1, 0.15) is 5.75 Å². The van der Waals surface area contributed by atoms with Crippen molar-refractivity contribution < 1.29 is 21.8 Å². The molecule has 0 N–H and O–H groups in total. The maximum Gasteiger partial charge on any atom is 0.307 e. The standard InChI is InChI=1S/C7H10ClFO4S/c8-6(1-2-6)7(5-14(9,10)11)12-3-4-13-7/h1-5H2. The van der Waals surface area contributed by atoms with E-state index in [0.717, 1.165) is 0 Å². The van der Waals surface area contributed by atoms with Crippen LogP contribution in [0.4, 0.5) is 3.89 Å². The summed E-state index contributed by atoms with van der Waals surface area (Å²) in [5.41, 5.74) is 0. The van der Waals surface area contributed by atoms with Gasteiger partial charge in [-0.15, -0.1) is 15.5 Å². The Morgan fingerprint density at radius 1 is 1.29 bits per heavy atom. The third kappa shape index (κ3) is 1.76. The van der Waals surface area contributed by atoms with Gasteiger partial charge in [0.05, 0.1) is 18.1 Å². The van der Waals surface area contributed by atoms with Crippen molar-refractivity contribution in [1.29, 1.82) is 0 Å². The van der Waals surface area contributed by atoms with Crippen LogP contribution in [0.1, 0.15) is 12.8 Å². The minimum Gasteiger partial charge on any atom is -0.345 e. The lowest BCUT2D eigenvalue weighted by atomic mass is 10.2. The molecule has 1 aliphatic carbocycles. The van der Waals surface area contributed by atoms with Crippen molar-refractivity contribution in [3.63, 3.8) is 0 Å². The van der Waals surface area contributed by atoms with Gasteiger partial charge in [-0.1, -0.05) is 0 Å². The summed E-state index contributed by atoms with van der Waals surface area (Å²) in [6, 6.07) is 0. The highest BCUT2D eigenvalue weighted by Crippen LogP contribution is 2.55. The van der Waals surface area contributed by atoms with Crippen LogP contribution < -0.4 is 0 Å². The van der Waals surface area contributed by atoms with Crippen LogP contribution >= 0.6 is 11.6 Å². The summed E-state index contributed by atoms with van der Waals surface area (Å²) in [6.07, 6.45) is 1.17. The van der Waals surface area contributed by atoms with Crippen LogP contribution in [0.2, 0.25) is 0 Å². The second-order valence-electron chi connectivity index (χ2n) is 3.60. The first-order chi connectivity index (χ1) is 6.37. The zero-order chi connectivity index (χ0) is 10.4. The highest BCUT2D eigenvalue weighted by molar-refractivity contribution is 7.86. The second-order valence-corrected chi connectivity index (χ2v) is 5.69. The molecule has 2 rings (SSSR count). The second kappa shape index (κ2) is 3.04. The molecule has 7 heteroatoms. The first kappa shape index (κ1) is 10.6. The van der Waals surface area contributed by atoms with Gasteiger partial charge < -0.3 is 9.47 Å². The SMILES string of the molecule is O=S(=O)(F)CC1(C2(Cl)CC2)OCCO1. The van der Waals surface area contributed by atoms with Crippen molar-refractivity contribution in [2.45, 2.75) is 23.5 Å². The molecule has 0 radical (unpaired) electrons. The number of rotatable bonds is 3. The van der Waals surface area contributed by atoms with Crippen LogP contribution in [-0.4, -0.2) is 38.0 Å². The molecule has 1 aliphatic heterocycles. The van der Waals surface area contributed by atoms with E-state index in [1.165, 1.54) is 0 Å². The molecule has 0 aromatic rings. The van der Waals surface area contributed by atoms with Crippen LogP contribution in [0.25, 0.3) is 0 Å². The minimum atomic E-state index is -4.64. The number of ether oxygens (including phenoxy) is 2. The Bertz CT molecular complexity index is 332. The molecule has 0 aromatic carbocycles. The fourth-order valence-electron chi connectivity index (χ4n) is 1.64. The molecular weight excluding hydrogens is 235 g/mol. The molecule has 1 heterocycles. The summed E-state index contributed by atoms with van der Waals surface area (Å²) in [4.78, 5) is -0.858. The smallest absolute Gasteiger partial charge is 0.307 e. The Morgan fingerprint density at radius 2 is 1.79 bits per heavy atom. The van der Waals surface area contributed by atoms with Crippen molar-refractivity contribution in [2.75, 3.05) is 19.0 Å². The molecule has 0 atom stereocenters. The minimum absolute atomic E-state index is 0.254. The number of halogens is 2. The first-order valence-corrected chi connectivity index (χ1v) is 6.19. The average molecular weight is 245 g/mol. The molecule has 14 heavy (non-hydrogen) atoms. The normalized spacial score (nSPS) is 29.0. The molecule has 2 fully saturated rings. The largest absolute Gasteiger partial charge is 0.345 e. The summed E-state index contributed by atoms with van der Waals surface area (Å²) in [7, 11) is -4.64. The molecule has 2 aliphatic rings. The van der Waals surface area contributed by atoms with E-state index in [9.17, 15) is 12.3 Å². The van der Waals surface area contributed by atoms with Crippen LogP contribution in [0.3, 0.4) is 0 Å². The van der Waals surface area contributed by atoms with Crippen molar-refractivity contribution in [2.24, 2.45) is 0 Å². The zero-order valence-electron chi connectivity index (χ0n) is 7.33. The molecule has 0 bridgehead atoms. The van der Waals surface area contributed by atoms with Crippen molar-refractivity contribution >= 4 is 21.8 Å². The molecule has 4 nitrogen and oxygen atoms in total. The van der Waals surface area contributed by atoms with Gasteiger partial charge in [0.25, 0.3) is 0 Å². The van der Waals surface area contributed by atoms with Gasteiger partial charge >= 0.3 is 10.2 Å². The Hall–Kier alpha value is 0.0900. The third-order valence-corrected chi connectivity index (χ3v) is 3.88. The summed E-state index contributed by atoms with van der Waals surface area (Å²) >= 11 is 6.03. The van der Waals surface area contributed by atoms with Gasteiger partial charge in [0.15, 0.2) is 0 Å². The Morgan fingerprint density at radius 3 is 2.14 bits per heavy atom. The fourth-order valence-corrected chi connectivity index (χ4v) is 2.89. The lowest BCUT2D eigenvalue weighted by molar-refractivity contribution is -0.146. The van der Waals surface area contributed by atoms with Crippen LogP contribution in [0, 0.1) is 0 Å². The van der Waals surface area contributed by atoms with E-state index in [2.05, 4.69) is 0 Å². The highest BCUT2D eigenvalue weighted by Gasteiger charge is 2.64. The molecule has 0 unspecified atom stereocenters. The Labute approximate surface area is 86.5 Å². The maximum absolute atomic E-state index is 12.6. The maximum atomic E-state index is 12.6. The van der Waals surface area contributed by atoms with Crippen molar-refractivity contribution in [1.82, 2.24) is 0 Å². The molecule has 0 spiro atoms. The summed E-state index contributed by atoms with van der Waals surface area (Å²) in [5, 5.41) is 0. The fraction of sp³-hybridized carbons (Fsp3) is 1.00. The van der Waals surface area contributed by atoms with E-state index in [1.807, 2.05) is 0 Å². The van der Waals surface area contributed by atoms with Crippen molar-refractivity contribution in [3.05, 3.63) is 0 Å². The zero-order valence-corrected chi connectivity index (χ0v) is 8.91. The van der Waals surface area contributed by atoms with E-state index >= 15 is 0 Å². The molecule has 1 saturated carbocycles. The molecule has 0 aromatic heterocycles. The average Bonchev–Trinajstić information content (AvgIpc) is 2.61. The van der Waals surface area contributed by atoms with E-state index in [4.69, 9.17) is 21.1 Å². The quantitative estimate of drug-likeness (QED) is 0.544. The predicted octanol–water partition coefficient (Wildman–Crippen LogP) is 0.800. The molecular formula is C7H10ClFO4S. The molecule has 0 amide bonds. The first-order valence-electron chi connectivity index (χ1n) is 4.26. The van der Waals surface area contributed by atoms with Gasteiger partial charge in [0.2, 0.25) is 5.79 Å². The number of alkyl halides is 1. The van der Waals surface area contributed by atoms with Crippen LogP contribution in [0.5, 0.6) is 0 Å². The monoisotopic (exact) mass is 244 g/mol. The van der Waals surface area contributed by atoms with Crippen LogP contribution in [0.15, 0.2) is 0 Å². The predicted molar refractivity (Wildman–Crippen MR) is 47.3 cm³/mol. The van der Waals surface area contributed by atoms with Gasteiger partial charge in [-0.25, -0.2) is 0 Å². The third-order valence-electron chi connectivity index (χ3n) is 2.49. The number of hydrogen-bond donors (Lipinski definition) is 0. The van der Waals surface area contributed by atoms with E-state index in [0.29, 0.717) is 12.8 Å². The van der Waals surface area contributed by atoms with Gasteiger partial charge in [-0.3, -0.25) is 0 Å². The Balaban J connectivity index is 2.23. The molecule has 1 saturated heterocycles. The van der Waals surface area contributed by atoms with Crippen LogP contribution in [-0.2, 0) is 19.7 Å². The van der Waals surface area contributed by atoms with Gasteiger partial charge in [-0.2, -0.15) is 8.42 Å². The highest BCUT2D eigenvalue weighted by atomic mass is 35.5. The van der Waals surface area contributed by atoms with Gasteiger partial charge in [-0.05, 0) is 12.8 Å². The molecule has 82 valence electrons. The Kier molecular flexibility index (Phi) is 2.30. The number of hydrogen-bond acceptors (Lipinski definition) is 4. The summed E-state index contributed by atoms with van der Waals surface area (Å²) < 4.78 is 44.1.